The molecule has 1 aromatic carbocycles. The number of hydrogen-bond acceptors (Lipinski definition) is 3. The monoisotopic (exact) mass is 419 g/mol. The van der Waals surface area contributed by atoms with Crippen molar-refractivity contribution in [3.63, 3.8) is 0 Å². The van der Waals surface area contributed by atoms with Gasteiger partial charge in [-0.25, -0.2) is 0 Å². The molecule has 0 aliphatic carbocycles. The number of halogens is 2. The fourth-order valence-electron chi connectivity index (χ4n) is 1.42. The maximum Gasteiger partial charge on any atom is 0.234 e. The van der Waals surface area contributed by atoms with Crippen LogP contribution in [0, 0.1) is 0 Å². The fraction of sp³-hybridized carbons (Fsp3) is 0.154. The van der Waals surface area contributed by atoms with E-state index >= 15 is 0 Å². The average Bonchev–Trinajstić information content (AvgIpc) is 2.87. The molecule has 1 heterocycles. The fourth-order valence-corrected chi connectivity index (χ4v) is 3.79. The van der Waals surface area contributed by atoms with Gasteiger partial charge in [-0.2, -0.15) is 0 Å². The lowest BCUT2D eigenvalue weighted by atomic mass is 10.3. The molecule has 1 amide bonds. The van der Waals surface area contributed by atoms with Gasteiger partial charge in [-0.3, -0.25) is 4.79 Å². The molecule has 0 saturated heterocycles. The van der Waals surface area contributed by atoms with Crippen molar-refractivity contribution in [1.29, 1.82) is 0 Å². The van der Waals surface area contributed by atoms with Crippen molar-refractivity contribution in [2.75, 3.05) is 11.1 Å². The molecule has 100 valence electrons. The summed E-state index contributed by atoms with van der Waals surface area (Å²) in [5, 5.41) is 4.95. The van der Waals surface area contributed by atoms with Crippen LogP contribution in [0.25, 0.3) is 0 Å². The number of benzene rings is 1. The molecule has 0 aliphatic heterocycles. The van der Waals surface area contributed by atoms with Crippen LogP contribution in [-0.4, -0.2) is 11.7 Å². The zero-order valence-corrected chi connectivity index (χ0v) is 14.7. The Morgan fingerprint density at radius 2 is 2.16 bits per heavy atom. The summed E-state index contributed by atoms with van der Waals surface area (Å²) in [6, 6.07) is 9.81. The Labute approximate surface area is 137 Å². The second-order valence-electron chi connectivity index (χ2n) is 3.74. The van der Waals surface area contributed by atoms with E-state index in [1.54, 1.807) is 23.1 Å². The molecular weight excluding hydrogens is 410 g/mol. The van der Waals surface area contributed by atoms with Crippen molar-refractivity contribution in [1.82, 2.24) is 0 Å². The van der Waals surface area contributed by atoms with E-state index < -0.39 is 0 Å². The predicted octanol–water partition coefficient (Wildman–Crippen LogP) is 5.15. The normalized spacial score (nSPS) is 10.4. The van der Waals surface area contributed by atoms with Gasteiger partial charge < -0.3 is 5.32 Å². The summed E-state index contributed by atoms with van der Waals surface area (Å²) in [7, 11) is 0. The standard InChI is InChI=1S/C13H11Br2NOS2/c14-9-3-4-11(15)12(6-9)16-13(17)8-18-7-10-2-1-5-19-10/h1-6H,7-8H2,(H,16,17). The van der Waals surface area contributed by atoms with Crippen LogP contribution in [0.5, 0.6) is 0 Å². The van der Waals surface area contributed by atoms with Gasteiger partial charge in [-0.15, -0.1) is 23.1 Å². The topological polar surface area (TPSA) is 29.1 Å². The zero-order valence-electron chi connectivity index (χ0n) is 9.86. The molecule has 19 heavy (non-hydrogen) atoms. The SMILES string of the molecule is O=C(CSCc1cccs1)Nc1cc(Br)ccc1Br. The van der Waals surface area contributed by atoms with Crippen LogP contribution in [0.4, 0.5) is 5.69 Å². The maximum atomic E-state index is 11.8. The number of anilines is 1. The number of carbonyl (C=O) groups is 1. The van der Waals surface area contributed by atoms with Gasteiger partial charge in [0.1, 0.15) is 0 Å². The number of nitrogens with one attached hydrogen (secondary N) is 1. The minimum Gasteiger partial charge on any atom is -0.324 e. The number of hydrogen-bond donors (Lipinski definition) is 1. The van der Waals surface area contributed by atoms with Crippen molar-refractivity contribution >= 4 is 66.6 Å². The molecule has 0 unspecified atom stereocenters. The third-order valence-electron chi connectivity index (χ3n) is 2.26. The van der Waals surface area contributed by atoms with Crippen molar-refractivity contribution in [3.8, 4) is 0 Å². The largest absolute Gasteiger partial charge is 0.324 e. The van der Waals surface area contributed by atoms with Gasteiger partial charge in [0.05, 0.1) is 11.4 Å². The minimum atomic E-state index is 0.0142. The first-order valence-electron chi connectivity index (χ1n) is 5.50. The molecule has 2 rings (SSSR count). The Balaban J connectivity index is 1.82. The lowest BCUT2D eigenvalue weighted by Crippen LogP contribution is -2.14. The summed E-state index contributed by atoms with van der Waals surface area (Å²) in [4.78, 5) is 13.1. The Morgan fingerprint density at radius 3 is 2.89 bits per heavy atom. The van der Waals surface area contributed by atoms with E-state index in [0.717, 1.165) is 20.4 Å². The van der Waals surface area contributed by atoms with Crippen LogP contribution < -0.4 is 5.32 Å². The van der Waals surface area contributed by atoms with E-state index in [2.05, 4.69) is 48.6 Å². The number of rotatable bonds is 5. The van der Waals surface area contributed by atoms with Gasteiger partial charge in [0, 0.05) is 19.6 Å². The summed E-state index contributed by atoms with van der Waals surface area (Å²) < 4.78 is 1.82. The van der Waals surface area contributed by atoms with Crippen molar-refractivity contribution in [2.45, 2.75) is 5.75 Å². The molecule has 2 aromatic rings. The van der Waals surface area contributed by atoms with Crippen LogP contribution in [-0.2, 0) is 10.5 Å². The molecule has 1 aromatic heterocycles. The van der Waals surface area contributed by atoms with Crippen LogP contribution in [0.2, 0.25) is 0 Å². The number of thioether (sulfide) groups is 1. The quantitative estimate of drug-likeness (QED) is 0.724. The molecule has 0 atom stereocenters. The molecule has 1 N–H and O–H groups in total. The molecule has 6 heteroatoms. The third kappa shape index (κ3) is 4.95. The highest BCUT2D eigenvalue weighted by Crippen LogP contribution is 2.26. The van der Waals surface area contributed by atoms with Crippen molar-refractivity contribution < 1.29 is 4.79 Å². The van der Waals surface area contributed by atoms with Crippen LogP contribution >= 0.6 is 55.0 Å². The summed E-state index contributed by atoms with van der Waals surface area (Å²) in [5.74, 6) is 1.35. The second kappa shape index (κ2) is 7.47. The molecule has 0 radical (unpaired) electrons. The number of amides is 1. The van der Waals surface area contributed by atoms with Crippen molar-refractivity contribution in [2.24, 2.45) is 0 Å². The van der Waals surface area contributed by atoms with Crippen LogP contribution in [0.15, 0.2) is 44.7 Å². The highest BCUT2D eigenvalue weighted by molar-refractivity contribution is 9.11. The Hall–Kier alpha value is -0.300. The van der Waals surface area contributed by atoms with Gasteiger partial charge in [-0.05, 0) is 45.6 Å². The molecular formula is C13H11Br2NOS2. The van der Waals surface area contributed by atoms with E-state index in [4.69, 9.17) is 0 Å². The molecule has 0 fully saturated rings. The molecule has 0 aliphatic rings. The summed E-state index contributed by atoms with van der Waals surface area (Å²) in [6.07, 6.45) is 0. The van der Waals surface area contributed by atoms with E-state index in [9.17, 15) is 4.79 Å². The van der Waals surface area contributed by atoms with E-state index in [1.807, 2.05) is 24.3 Å². The van der Waals surface area contributed by atoms with E-state index in [-0.39, 0.29) is 5.91 Å². The smallest absolute Gasteiger partial charge is 0.234 e. The second-order valence-corrected chi connectivity index (χ2v) is 7.53. The molecule has 0 bridgehead atoms. The Bertz CT molecular complexity index is 558. The summed E-state index contributed by atoms with van der Waals surface area (Å²) >= 11 is 10.1. The van der Waals surface area contributed by atoms with Gasteiger partial charge in [0.2, 0.25) is 5.91 Å². The third-order valence-corrected chi connectivity index (χ3v) is 5.49. The maximum absolute atomic E-state index is 11.8. The number of thiophene rings is 1. The highest BCUT2D eigenvalue weighted by Gasteiger charge is 2.06. The average molecular weight is 421 g/mol. The van der Waals surface area contributed by atoms with Gasteiger partial charge in [-0.1, -0.05) is 22.0 Å². The van der Waals surface area contributed by atoms with E-state index in [0.29, 0.717) is 5.75 Å². The lowest BCUT2D eigenvalue weighted by Gasteiger charge is -2.07. The summed E-state index contributed by atoms with van der Waals surface area (Å²) in [6.45, 7) is 0. The molecule has 0 spiro atoms. The first kappa shape index (κ1) is 15.1. The molecule has 0 saturated carbocycles. The van der Waals surface area contributed by atoms with Gasteiger partial charge >= 0.3 is 0 Å². The first-order chi connectivity index (χ1) is 9.15. The lowest BCUT2D eigenvalue weighted by molar-refractivity contribution is -0.113. The minimum absolute atomic E-state index is 0.0142. The number of carbonyl (C=O) groups excluding carboxylic acids is 1. The zero-order chi connectivity index (χ0) is 13.7. The van der Waals surface area contributed by atoms with Gasteiger partial charge in [0.25, 0.3) is 0 Å². The van der Waals surface area contributed by atoms with Gasteiger partial charge in [0.15, 0.2) is 0 Å². The Kier molecular flexibility index (Phi) is 5.94. The van der Waals surface area contributed by atoms with E-state index in [1.165, 1.54) is 4.88 Å². The molecule has 2 nitrogen and oxygen atoms in total. The first-order valence-corrected chi connectivity index (χ1v) is 9.12. The van der Waals surface area contributed by atoms with Crippen LogP contribution in [0.1, 0.15) is 4.88 Å². The predicted molar refractivity (Wildman–Crippen MR) is 91.0 cm³/mol. The highest BCUT2D eigenvalue weighted by atomic mass is 79.9. The van der Waals surface area contributed by atoms with Crippen LogP contribution in [0.3, 0.4) is 0 Å². The van der Waals surface area contributed by atoms with Crippen molar-refractivity contribution in [3.05, 3.63) is 49.5 Å². The summed E-state index contributed by atoms with van der Waals surface area (Å²) in [5.41, 5.74) is 0.788. The Morgan fingerprint density at radius 1 is 1.32 bits per heavy atom.